The summed E-state index contributed by atoms with van der Waals surface area (Å²) in [5.74, 6) is 0.789. The fourth-order valence-electron chi connectivity index (χ4n) is 1.96. The van der Waals surface area contributed by atoms with E-state index in [1.165, 1.54) is 0 Å². The predicted octanol–water partition coefficient (Wildman–Crippen LogP) is 3.15. The molecule has 0 N–H and O–H groups in total. The molecule has 2 heterocycles. The third-order valence-electron chi connectivity index (χ3n) is 3.25. The van der Waals surface area contributed by atoms with Crippen molar-refractivity contribution >= 4 is 17.8 Å². The first-order chi connectivity index (χ1) is 10.7. The SMILES string of the molecule is C=CC1=NC(C)(C)CO1.CC1(C)N=C(c2ccccc2)OC1=O. The second-order valence-corrected chi connectivity index (χ2v) is 6.49. The van der Waals surface area contributed by atoms with Gasteiger partial charge in [-0.15, -0.1) is 0 Å². The summed E-state index contributed by atoms with van der Waals surface area (Å²) in [5.41, 5.74) is 0.0562. The van der Waals surface area contributed by atoms with E-state index in [4.69, 9.17) is 9.47 Å². The zero-order valence-corrected chi connectivity index (χ0v) is 14.0. The van der Waals surface area contributed by atoms with Gasteiger partial charge in [0, 0.05) is 5.56 Å². The molecule has 0 atom stereocenters. The number of carbonyl (C=O) groups excluding carboxylic acids is 1. The van der Waals surface area contributed by atoms with Crippen molar-refractivity contribution in [2.45, 2.75) is 38.8 Å². The van der Waals surface area contributed by atoms with Crippen LogP contribution in [0.1, 0.15) is 33.3 Å². The second-order valence-electron chi connectivity index (χ2n) is 6.49. The normalized spacial score (nSPS) is 20.4. The molecule has 0 aromatic heterocycles. The van der Waals surface area contributed by atoms with Gasteiger partial charge in [-0.1, -0.05) is 24.8 Å². The lowest BCUT2D eigenvalue weighted by atomic mass is 10.1. The highest BCUT2D eigenvalue weighted by molar-refractivity contribution is 6.07. The Balaban J connectivity index is 0.000000185. The topological polar surface area (TPSA) is 60.3 Å². The second kappa shape index (κ2) is 6.36. The van der Waals surface area contributed by atoms with Gasteiger partial charge < -0.3 is 9.47 Å². The molecule has 1 aromatic rings. The molecule has 0 saturated heterocycles. The van der Waals surface area contributed by atoms with Crippen LogP contribution in [0.4, 0.5) is 0 Å². The lowest BCUT2D eigenvalue weighted by Crippen LogP contribution is -2.25. The minimum absolute atomic E-state index is 0.0382. The molecule has 0 unspecified atom stereocenters. The van der Waals surface area contributed by atoms with Gasteiger partial charge in [0.05, 0.1) is 5.54 Å². The Labute approximate surface area is 136 Å². The Kier molecular flexibility index (Phi) is 4.68. The Morgan fingerprint density at radius 2 is 1.78 bits per heavy atom. The lowest BCUT2D eigenvalue weighted by molar-refractivity contribution is -0.137. The van der Waals surface area contributed by atoms with Crippen LogP contribution in [0.2, 0.25) is 0 Å². The van der Waals surface area contributed by atoms with Gasteiger partial charge in [-0.05, 0) is 45.9 Å². The molecular formula is C18H22N2O3. The van der Waals surface area contributed by atoms with Crippen molar-refractivity contribution in [3.63, 3.8) is 0 Å². The van der Waals surface area contributed by atoms with Gasteiger partial charge in [0.1, 0.15) is 6.61 Å². The van der Waals surface area contributed by atoms with Crippen LogP contribution >= 0.6 is 0 Å². The van der Waals surface area contributed by atoms with Gasteiger partial charge in [0.25, 0.3) is 0 Å². The van der Waals surface area contributed by atoms with E-state index in [0.29, 0.717) is 18.4 Å². The van der Waals surface area contributed by atoms with E-state index in [-0.39, 0.29) is 11.5 Å². The van der Waals surface area contributed by atoms with E-state index in [1.807, 2.05) is 44.2 Å². The highest BCUT2D eigenvalue weighted by Crippen LogP contribution is 2.21. The third kappa shape index (κ3) is 4.28. The molecule has 2 aliphatic rings. The number of benzene rings is 1. The first-order valence-electron chi connectivity index (χ1n) is 7.46. The average molecular weight is 314 g/mol. The molecular weight excluding hydrogens is 292 g/mol. The monoisotopic (exact) mass is 314 g/mol. The maximum absolute atomic E-state index is 11.3. The van der Waals surface area contributed by atoms with Crippen molar-refractivity contribution in [1.29, 1.82) is 0 Å². The van der Waals surface area contributed by atoms with Crippen LogP contribution < -0.4 is 0 Å². The quantitative estimate of drug-likeness (QED) is 0.788. The summed E-state index contributed by atoms with van der Waals surface area (Å²) in [6.07, 6.45) is 1.63. The zero-order chi connectivity index (χ0) is 17.1. The molecule has 5 heteroatoms. The maximum Gasteiger partial charge on any atom is 0.340 e. The third-order valence-corrected chi connectivity index (χ3v) is 3.25. The molecule has 0 bridgehead atoms. The molecule has 23 heavy (non-hydrogen) atoms. The summed E-state index contributed by atoms with van der Waals surface area (Å²) in [6, 6.07) is 9.42. The molecule has 2 aliphatic heterocycles. The molecule has 0 aliphatic carbocycles. The minimum Gasteiger partial charge on any atom is -0.475 e. The Morgan fingerprint density at radius 3 is 2.17 bits per heavy atom. The number of esters is 1. The summed E-state index contributed by atoms with van der Waals surface area (Å²) in [6.45, 7) is 11.8. The summed E-state index contributed by atoms with van der Waals surface area (Å²) >= 11 is 0. The van der Waals surface area contributed by atoms with Crippen LogP contribution in [0, 0.1) is 0 Å². The highest BCUT2D eigenvalue weighted by Gasteiger charge is 2.37. The van der Waals surface area contributed by atoms with Crippen molar-refractivity contribution in [3.05, 3.63) is 48.6 Å². The number of carbonyl (C=O) groups is 1. The average Bonchev–Trinajstić information content (AvgIpc) is 3.00. The summed E-state index contributed by atoms with van der Waals surface area (Å²) in [4.78, 5) is 19.8. The van der Waals surface area contributed by atoms with Gasteiger partial charge in [-0.2, -0.15) is 0 Å². The maximum atomic E-state index is 11.3. The van der Waals surface area contributed by atoms with Gasteiger partial charge >= 0.3 is 5.97 Å². The van der Waals surface area contributed by atoms with Crippen molar-refractivity contribution in [2.24, 2.45) is 9.98 Å². The Morgan fingerprint density at radius 1 is 1.13 bits per heavy atom. The van der Waals surface area contributed by atoms with Crippen molar-refractivity contribution in [3.8, 4) is 0 Å². The summed E-state index contributed by atoms with van der Waals surface area (Å²) < 4.78 is 10.2. The van der Waals surface area contributed by atoms with Gasteiger partial charge in [-0.25, -0.2) is 14.8 Å². The van der Waals surface area contributed by atoms with Crippen LogP contribution in [-0.2, 0) is 14.3 Å². The fourth-order valence-corrected chi connectivity index (χ4v) is 1.96. The molecule has 122 valence electrons. The number of cyclic esters (lactones) is 1. The van der Waals surface area contributed by atoms with E-state index >= 15 is 0 Å². The number of aliphatic imine (C=N–C) groups is 2. The molecule has 0 fully saturated rings. The van der Waals surface area contributed by atoms with E-state index < -0.39 is 5.54 Å². The number of hydrogen-bond donors (Lipinski definition) is 0. The van der Waals surface area contributed by atoms with Gasteiger partial charge in [-0.3, -0.25) is 0 Å². The molecule has 0 spiro atoms. The lowest BCUT2D eigenvalue weighted by Gasteiger charge is -2.07. The zero-order valence-electron chi connectivity index (χ0n) is 14.0. The van der Waals surface area contributed by atoms with Crippen LogP contribution in [0.3, 0.4) is 0 Å². The van der Waals surface area contributed by atoms with Crippen LogP contribution in [0.25, 0.3) is 0 Å². The Bertz CT molecular complexity index is 658. The van der Waals surface area contributed by atoms with Crippen LogP contribution in [0.5, 0.6) is 0 Å². The highest BCUT2D eigenvalue weighted by atomic mass is 16.6. The Hall–Kier alpha value is -2.43. The fraction of sp³-hybridized carbons (Fsp3) is 0.389. The van der Waals surface area contributed by atoms with Gasteiger partial charge in [0.15, 0.2) is 5.54 Å². The van der Waals surface area contributed by atoms with Gasteiger partial charge in [0.2, 0.25) is 11.8 Å². The number of hydrogen-bond acceptors (Lipinski definition) is 5. The first-order valence-corrected chi connectivity index (χ1v) is 7.46. The van der Waals surface area contributed by atoms with Crippen LogP contribution in [0.15, 0.2) is 53.0 Å². The van der Waals surface area contributed by atoms with Crippen molar-refractivity contribution < 1.29 is 14.3 Å². The van der Waals surface area contributed by atoms with E-state index in [0.717, 1.165) is 5.56 Å². The molecule has 1 aromatic carbocycles. The molecule has 0 saturated carbocycles. The standard InChI is InChI=1S/C11H11NO2.C7H11NO/c1-11(2)10(13)14-9(12-11)8-6-4-3-5-7-8;1-4-6-8-7(2,3)5-9-6/h3-7H,1-2H3;4H,1,5H2,2-3H3. The number of rotatable bonds is 2. The van der Waals surface area contributed by atoms with Crippen molar-refractivity contribution in [1.82, 2.24) is 0 Å². The van der Waals surface area contributed by atoms with E-state index in [9.17, 15) is 4.79 Å². The molecule has 3 rings (SSSR count). The molecule has 0 amide bonds. The van der Waals surface area contributed by atoms with Crippen molar-refractivity contribution in [2.75, 3.05) is 6.61 Å². The summed E-state index contributed by atoms with van der Waals surface area (Å²) in [5, 5.41) is 0. The number of ether oxygens (including phenoxy) is 2. The van der Waals surface area contributed by atoms with Crippen LogP contribution in [-0.4, -0.2) is 35.4 Å². The smallest absolute Gasteiger partial charge is 0.340 e. The van der Waals surface area contributed by atoms with E-state index in [1.54, 1.807) is 19.9 Å². The minimum atomic E-state index is -0.745. The molecule has 5 nitrogen and oxygen atoms in total. The predicted molar refractivity (Wildman–Crippen MR) is 90.8 cm³/mol. The largest absolute Gasteiger partial charge is 0.475 e. The first kappa shape index (κ1) is 16.9. The molecule has 0 radical (unpaired) electrons. The summed E-state index contributed by atoms with van der Waals surface area (Å²) in [7, 11) is 0. The number of nitrogens with zero attached hydrogens (tertiary/aromatic N) is 2. The van der Waals surface area contributed by atoms with E-state index in [2.05, 4.69) is 16.6 Å².